The van der Waals surface area contributed by atoms with Crippen LogP contribution in [0.4, 0.5) is 23.2 Å². The number of carbonyl (C=O) groups excluding carboxylic acids is 4. The number of hydrogen-bond donors (Lipinski definition) is 5. The van der Waals surface area contributed by atoms with E-state index in [1.807, 2.05) is 0 Å². The molecule has 47 heavy (non-hydrogen) atoms. The van der Waals surface area contributed by atoms with Gasteiger partial charge in [-0.1, -0.05) is 18.2 Å². The molecule has 250 valence electrons. The average Bonchev–Trinajstić information content (AvgIpc) is 3.02. The minimum atomic E-state index is -5.42. The monoisotopic (exact) mass is 662 g/mol. The normalized spacial score (nSPS) is 12.1. The fraction of sp³-hybridized carbons (Fsp3) is 0.233. The number of hydrazine groups is 1. The predicted molar refractivity (Wildman–Crippen MR) is 159 cm³/mol. The van der Waals surface area contributed by atoms with E-state index in [0.717, 1.165) is 17.0 Å². The lowest BCUT2D eigenvalue weighted by molar-refractivity contribution is -0.217. The molecule has 0 fully saturated rings. The van der Waals surface area contributed by atoms with Crippen molar-refractivity contribution in [3.8, 4) is 11.5 Å². The zero-order chi connectivity index (χ0) is 34.9. The van der Waals surface area contributed by atoms with E-state index in [4.69, 9.17) is 20.6 Å². The molecule has 17 heteroatoms. The molecule has 0 bridgehead atoms. The topological polar surface area (TPSA) is 185 Å². The third kappa shape index (κ3) is 9.56. The fourth-order valence-electron chi connectivity index (χ4n) is 3.80. The lowest BCUT2D eigenvalue weighted by atomic mass is 10.0. The molecule has 3 amide bonds. The number of halogens is 4. The van der Waals surface area contributed by atoms with Crippen LogP contribution in [0.1, 0.15) is 34.5 Å². The Labute approximate surface area is 265 Å². The van der Waals surface area contributed by atoms with Gasteiger partial charge in [0.15, 0.2) is 11.5 Å². The first kappa shape index (κ1) is 35.6. The molecule has 0 saturated carbocycles. The third-order valence-corrected chi connectivity index (χ3v) is 6.11. The number of nitrogens with two attached hydrogens (primary N) is 1. The summed E-state index contributed by atoms with van der Waals surface area (Å²) in [4.78, 5) is 50.9. The van der Waals surface area contributed by atoms with Crippen molar-refractivity contribution in [1.82, 2.24) is 15.8 Å². The summed E-state index contributed by atoms with van der Waals surface area (Å²) in [6.45, 7) is 1.56. The van der Waals surface area contributed by atoms with Crippen LogP contribution in [-0.2, 0) is 19.1 Å². The minimum absolute atomic E-state index is 0.00998. The van der Waals surface area contributed by atoms with E-state index in [9.17, 15) is 36.7 Å². The largest absolute Gasteiger partial charge is 0.491 e. The first-order valence-corrected chi connectivity index (χ1v) is 13.6. The van der Waals surface area contributed by atoms with Gasteiger partial charge in [0.2, 0.25) is 0 Å². The molecule has 13 nitrogen and oxygen atoms in total. The van der Waals surface area contributed by atoms with Gasteiger partial charge in [-0.05, 0) is 61.0 Å². The van der Waals surface area contributed by atoms with E-state index < -0.39 is 48.0 Å². The van der Waals surface area contributed by atoms with Crippen LogP contribution < -0.4 is 31.4 Å². The summed E-state index contributed by atoms with van der Waals surface area (Å²) < 4.78 is 68.1. The Balaban J connectivity index is 1.97. The SMILES string of the molecule is CCOc1cc(C(Nc2ccc(C(=N)N)cc2)C(=O)NNC(=O)c2ccccc2F)ccc1OC(OC(=O)C(F)(F)F)C(=O)N(C)C. The number of esters is 1. The van der Waals surface area contributed by atoms with Crippen molar-refractivity contribution in [3.63, 3.8) is 0 Å². The van der Waals surface area contributed by atoms with Crippen LogP contribution in [0.5, 0.6) is 11.5 Å². The molecule has 0 saturated heterocycles. The Morgan fingerprint density at radius 2 is 1.62 bits per heavy atom. The standard InChI is InChI=1S/C30H30F4N6O7/c1-4-45-22-15-17(11-14-21(22)46-28(27(43)40(2)3)47-29(44)30(32,33)34)23(37-18-12-9-16(10-13-18)24(35)36)26(42)39-38-25(41)19-7-5-6-8-20(19)31/h5-15,23,28,37H,4H2,1-3H3,(H3,35,36)(H,38,41)(H,39,42). The molecule has 0 aliphatic carbocycles. The van der Waals surface area contributed by atoms with Gasteiger partial charge >= 0.3 is 24.3 Å². The molecule has 2 unspecified atom stereocenters. The fourth-order valence-corrected chi connectivity index (χ4v) is 3.80. The number of carbonyl (C=O) groups is 4. The number of nitrogen functional groups attached to an aromatic ring is 1. The highest BCUT2D eigenvalue weighted by Crippen LogP contribution is 2.33. The summed E-state index contributed by atoms with van der Waals surface area (Å²) in [5, 5.41) is 10.5. The van der Waals surface area contributed by atoms with Crippen LogP contribution in [0, 0.1) is 11.2 Å². The third-order valence-electron chi connectivity index (χ3n) is 6.11. The summed E-state index contributed by atoms with van der Waals surface area (Å²) in [6.07, 6.45) is -7.77. The second kappa shape index (κ2) is 15.4. The number of amides is 3. The molecule has 0 aliphatic heterocycles. The van der Waals surface area contributed by atoms with E-state index in [-0.39, 0.29) is 35.1 Å². The Hall–Kier alpha value is -5.87. The van der Waals surface area contributed by atoms with Crippen LogP contribution >= 0.6 is 0 Å². The van der Waals surface area contributed by atoms with Gasteiger partial charge in [0, 0.05) is 25.3 Å². The van der Waals surface area contributed by atoms with Crippen molar-refractivity contribution in [2.45, 2.75) is 25.4 Å². The van der Waals surface area contributed by atoms with E-state index in [1.165, 1.54) is 68.7 Å². The maximum absolute atomic E-state index is 14.1. The van der Waals surface area contributed by atoms with Crippen molar-refractivity contribution in [2.75, 3.05) is 26.0 Å². The molecule has 0 radical (unpaired) electrons. The summed E-state index contributed by atoms with van der Waals surface area (Å²) in [5.41, 5.74) is 10.4. The Bertz CT molecular complexity index is 1630. The van der Waals surface area contributed by atoms with Crippen molar-refractivity contribution in [2.24, 2.45) is 5.73 Å². The summed E-state index contributed by atoms with van der Waals surface area (Å²) in [6, 6.07) is 13.5. The van der Waals surface area contributed by atoms with Gasteiger partial charge in [-0.2, -0.15) is 13.2 Å². The maximum atomic E-state index is 14.1. The molecule has 3 aromatic carbocycles. The van der Waals surface area contributed by atoms with Crippen LogP contribution in [-0.4, -0.2) is 67.6 Å². The predicted octanol–water partition coefficient (Wildman–Crippen LogP) is 3.02. The highest BCUT2D eigenvalue weighted by molar-refractivity contribution is 5.97. The molecular weight excluding hydrogens is 632 g/mol. The van der Waals surface area contributed by atoms with Gasteiger partial charge in [0.1, 0.15) is 17.7 Å². The maximum Gasteiger partial charge on any atom is 0.491 e. The average molecular weight is 663 g/mol. The second-order valence-electron chi connectivity index (χ2n) is 9.72. The van der Waals surface area contributed by atoms with E-state index in [1.54, 1.807) is 6.92 Å². The molecule has 0 heterocycles. The Morgan fingerprint density at radius 1 is 0.957 bits per heavy atom. The van der Waals surface area contributed by atoms with Crippen molar-refractivity contribution in [3.05, 3.63) is 89.2 Å². The van der Waals surface area contributed by atoms with Gasteiger partial charge in [0.05, 0.1) is 12.2 Å². The van der Waals surface area contributed by atoms with E-state index in [2.05, 4.69) is 20.9 Å². The van der Waals surface area contributed by atoms with Crippen LogP contribution in [0.15, 0.2) is 66.7 Å². The number of nitrogens with zero attached hydrogens (tertiary/aromatic N) is 1. The zero-order valence-electron chi connectivity index (χ0n) is 25.1. The highest BCUT2D eigenvalue weighted by atomic mass is 19.4. The first-order chi connectivity index (χ1) is 22.1. The lowest BCUT2D eigenvalue weighted by Gasteiger charge is -2.24. The van der Waals surface area contributed by atoms with Crippen molar-refractivity contribution < 1.29 is 51.0 Å². The number of anilines is 1. The van der Waals surface area contributed by atoms with Crippen LogP contribution in [0.2, 0.25) is 0 Å². The van der Waals surface area contributed by atoms with Crippen molar-refractivity contribution >= 4 is 35.2 Å². The smallest absolute Gasteiger partial charge is 0.490 e. The van der Waals surface area contributed by atoms with Crippen LogP contribution in [0.25, 0.3) is 0 Å². The molecule has 6 N–H and O–H groups in total. The molecular formula is C30H30F4N6O7. The Kier molecular flexibility index (Phi) is 11.7. The van der Waals surface area contributed by atoms with E-state index in [0.29, 0.717) is 11.3 Å². The minimum Gasteiger partial charge on any atom is -0.490 e. The number of rotatable bonds is 12. The second-order valence-corrected chi connectivity index (χ2v) is 9.72. The highest BCUT2D eigenvalue weighted by Gasteiger charge is 2.44. The summed E-state index contributed by atoms with van der Waals surface area (Å²) in [5.74, 6) is -7.12. The molecule has 0 spiro atoms. The molecule has 2 atom stereocenters. The number of likely N-dealkylation sites (N-methyl/N-ethyl adjacent to an activating group) is 1. The van der Waals surface area contributed by atoms with Crippen molar-refractivity contribution in [1.29, 1.82) is 5.41 Å². The number of alkyl halides is 3. The first-order valence-electron chi connectivity index (χ1n) is 13.6. The number of benzene rings is 3. The summed E-state index contributed by atoms with van der Waals surface area (Å²) in [7, 11) is 2.41. The van der Waals surface area contributed by atoms with Gasteiger partial charge in [-0.3, -0.25) is 30.6 Å². The number of nitrogens with one attached hydrogen (secondary N) is 4. The zero-order valence-corrected chi connectivity index (χ0v) is 25.1. The quantitative estimate of drug-likeness (QED) is 0.0486. The van der Waals surface area contributed by atoms with Gasteiger partial charge in [-0.25, -0.2) is 9.18 Å². The molecule has 3 rings (SSSR count). The lowest BCUT2D eigenvalue weighted by Crippen LogP contribution is -2.45. The van der Waals surface area contributed by atoms with Crippen LogP contribution in [0.3, 0.4) is 0 Å². The van der Waals surface area contributed by atoms with Gasteiger partial charge in [0.25, 0.3) is 11.8 Å². The van der Waals surface area contributed by atoms with Gasteiger partial charge in [-0.15, -0.1) is 0 Å². The summed E-state index contributed by atoms with van der Waals surface area (Å²) >= 11 is 0. The van der Waals surface area contributed by atoms with E-state index >= 15 is 0 Å². The number of hydrogen-bond acceptors (Lipinski definition) is 9. The molecule has 0 aliphatic rings. The van der Waals surface area contributed by atoms with Gasteiger partial charge < -0.3 is 30.2 Å². The Morgan fingerprint density at radius 3 is 2.19 bits per heavy atom. The molecule has 0 aromatic heterocycles. The number of ether oxygens (including phenoxy) is 3. The molecule has 3 aromatic rings. The number of amidine groups is 1.